The highest BCUT2D eigenvalue weighted by atomic mass is 28.3. The van der Waals surface area contributed by atoms with Gasteiger partial charge >= 0.3 is 0 Å². The summed E-state index contributed by atoms with van der Waals surface area (Å²) in [7, 11) is -3.32. The van der Waals surface area contributed by atoms with Gasteiger partial charge in [0.1, 0.15) is 0 Å². The van der Waals surface area contributed by atoms with Crippen LogP contribution in [0.5, 0.6) is 0 Å². The maximum atomic E-state index is 11.0. The Balaban J connectivity index is 1.57. The Morgan fingerprint density at radius 1 is 0.733 bits per heavy atom. The zero-order chi connectivity index (χ0) is 21.5. The topological polar surface area (TPSA) is 43.7 Å². The third kappa shape index (κ3) is 4.10. The lowest BCUT2D eigenvalue weighted by molar-refractivity contribution is 0.0286. The molecular formula is C25H37NO2Si2. The molecule has 0 spiro atoms. The Bertz CT molecular complexity index is 843. The summed E-state index contributed by atoms with van der Waals surface area (Å²) < 4.78 is 0. The molecule has 0 radical (unpaired) electrons. The normalized spacial score (nSPS) is 29.9. The highest BCUT2D eigenvalue weighted by molar-refractivity contribution is 6.90. The Labute approximate surface area is 183 Å². The van der Waals surface area contributed by atoms with E-state index in [1.165, 1.54) is 16.4 Å². The summed E-state index contributed by atoms with van der Waals surface area (Å²) >= 11 is 0. The molecule has 30 heavy (non-hydrogen) atoms. The average molecular weight is 440 g/mol. The Hall–Kier alpha value is -1.25. The van der Waals surface area contributed by atoms with Gasteiger partial charge in [0, 0.05) is 18.1 Å². The molecular weight excluding hydrogens is 402 g/mol. The van der Waals surface area contributed by atoms with Crippen molar-refractivity contribution < 1.29 is 10.2 Å². The standard InChI is InChI=1S/C25H37NO2Si2/c1-29(2,20-11-7-5-8-12-20)17-19-15-16-22-24(27)25(28)23(26(19)22)18-30(3,4)21-13-9-6-10-14-21/h5-14,19,22-25,27-28H,15-18H2,1-4H3. The van der Waals surface area contributed by atoms with E-state index in [0.717, 1.165) is 18.9 Å². The molecule has 5 unspecified atom stereocenters. The number of rotatable bonds is 6. The molecule has 162 valence electrons. The molecule has 2 aromatic rings. The van der Waals surface area contributed by atoms with Crippen molar-refractivity contribution >= 4 is 26.5 Å². The van der Waals surface area contributed by atoms with Crippen LogP contribution in [0.1, 0.15) is 12.8 Å². The van der Waals surface area contributed by atoms with Crippen molar-refractivity contribution in [2.24, 2.45) is 0 Å². The Morgan fingerprint density at radius 3 is 1.77 bits per heavy atom. The smallest absolute Gasteiger partial charge is 0.0969 e. The van der Waals surface area contributed by atoms with E-state index in [2.05, 4.69) is 91.8 Å². The fourth-order valence-corrected chi connectivity index (χ4v) is 11.7. The molecule has 2 aliphatic heterocycles. The third-order valence-corrected chi connectivity index (χ3v) is 14.4. The van der Waals surface area contributed by atoms with Crippen LogP contribution in [0.15, 0.2) is 60.7 Å². The highest BCUT2D eigenvalue weighted by Gasteiger charge is 2.54. The molecule has 2 aromatic carbocycles. The first-order valence-electron chi connectivity index (χ1n) is 11.5. The first-order chi connectivity index (χ1) is 14.2. The van der Waals surface area contributed by atoms with Crippen LogP contribution >= 0.6 is 0 Å². The van der Waals surface area contributed by atoms with Gasteiger partial charge in [-0.2, -0.15) is 0 Å². The van der Waals surface area contributed by atoms with Crippen LogP contribution in [-0.2, 0) is 0 Å². The fourth-order valence-electron chi connectivity index (χ4n) is 5.99. The summed E-state index contributed by atoms with van der Waals surface area (Å²) in [5.41, 5.74) is 0. The zero-order valence-corrected chi connectivity index (χ0v) is 20.8. The summed E-state index contributed by atoms with van der Waals surface area (Å²) in [6.07, 6.45) is 0.907. The first-order valence-corrected chi connectivity index (χ1v) is 17.9. The molecule has 2 aliphatic rings. The van der Waals surface area contributed by atoms with Crippen LogP contribution in [-0.4, -0.2) is 61.6 Å². The predicted octanol–water partition coefficient (Wildman–Crippen LogP) is 3.15. The monoisotopic (exact) mass is 439 g/mol. The lowest BCUT2D eigenvalue weighted by atomic mass is 10.0. The van der Waals surface area contributed by atoms with Gasteiger partial charge in [-0.05, 0) is 24.9 Å². The van der Waals surface area contributed by atoms with Gasteiger partial charge in [0.2, 0.25) is 0 Å². The van der Waals surface area contributed by atoms with Crippen molar-refractivity contribution in [1.82, 2.24) is 4.90 Å². The van der Waals surface area contributed by atoms with E-state index in [4.69, 9.17) is 0 Å². The van der Waals surface area contributed by atoms with Crippen LogP contribution in [0.3, 0.4) is 0 Å². The zero-order valence-electron chi connectivity index (χ0n) is 18.8. The molecule has 5 atom stereocenters. The molecule has 4 rings (SSSR count). The van der Waals surface area contributed by atoms with Crippen LogP contribution in [0.4, 0.5) is 0 Å². The summed E-state index contributed by atoms with van der Waals surface area (Å²) in [6, 6.07) is 24.6. The Kier molecular flexibility index (Phi) is 6.12. The molecule has 5 heteroatoms. The van der Waals surface area contributed by atoms with Gasteiger partial charge in [-0.3, -0.25) is 4.90 Å². The van der Waals surface area contributed by atoms with Crippen molar-refractivity contribution in [3.8, 4) is 0 Å². The summed E-state index contributed by atoms with van der Waals surface area (Å²) in [6.45, 7) is 9.75. The van der Waals surface area contributed by atoms with E-state index >= 15 is 0 Å². The van der Waals surface area contributed by atoms with Gasteiger partial charge in [-0.1, -0.05) is 97.2 Å². The SMILES string of the molecule is C[Si](C)(CC1CCC2C(O)C(O)C(C[Si](C)(C)c3ccccc3)N12)c1ccccc1. The minimum atomic E-state index is -1.73. The molecule has 3 nitrogen and oxygen atoms in total. The summed E-state index contributed by atoms with van der Waals surface area (Å²) in [4.78, 5) is 2.56. The van der Waals surface area contributed by atoms with Gasteiger partial charge in [0.25, 0.3) is 0 Å². The summed E-state index contributed by atoms with van der Waals surface area (Å²) in [5.74, 6) is 0. The number of nitrogens with zero attached hydrogens (tertiary/aromatic N) is 1. The molecule has 2 N–H and O–H groups in total. The molecule has 2 fully saturated rings. The van der Waals surface area contributed by atoms with Gasteiger partial charge in [-0.25, -0.2) is 0 Å². The van der Waals surface area contributed by atoms with Crippen LogP contribution in [0, 0.1) is 0 Å². The molecule has 2 saturated heterocycles. The van der Waals surface area contributed by atoms with E-state index in [-0.39, 0.29) is 12.1 Å². The van der Waals surface area contributed by atoms with Crippen molar-refractivity contribution in [1.29, 1.82) is 0 Å². The lowest BCUT2D eigenvalue weighted by Crippen LogP contribution is -2.53. The predicted molar refractivity (Wildman–Crippen MR) is 131 cm³/mol. The second kappa shape index (κ2) is 8.36. The second-order valence-corrected chi connectivity index (χ2v) is 20.2. The van der Waals surface area contributed by atoms with Gasteiger partial charge < -0.3 is 10.2 Å². The second-order valence-electron chi connectivity index (χ2n) is 10.7. The van der Waals surface area contributed by atoms with E-state index < -0.39 is 28.4 Å². The maximum absolute atomic E-state index is 11.0. The number of fused-ring (bicyclic) bond motifs is 1. The molecule has 0 bridgehead atoms. The first kappa shape index (κ1) is 22.0. The number of hydrogen-bond acceptors (Lipinski definition) is 3. The molecule has 0 saturated carbocycles. The van der Waals surface area contributed by atoms with E-state index in [0.29, 0.717) is 6.04 Å². The minimum absolute atomic E-state index is 0.0694. The van der Waals surface area contributed by atoms with Gasteiger partial charge in [-0.15, -0.1) is 0 Å². The molecule has 0 amide bonds. The summed E-state index contributed by atoms with van der Waals surface area (Å²) in [5, 5.41) is 24.9. The van der Waals surface area contributed by atoms with Crippen molar-refractivity contribution in [3.63, 3.8) is 0 Å². The van der Waals surface area contributed by atoms with Gasteiger partial charge in [0.15, 0.2) is 0 Å². The van der Waals surface area contributed by atoms with Crippen molar-refractivity contribution in [3.05, 3.63) is 60.7 Å². The minimum Gasteiger partial charge on any atom is -0.389 e. The quantitative estimate of drug-likeness (QED) is 0.680. The van der Waals surface area contributed by atoms with E-state index in [1.54, 1.807) is 0 Å². The van der Waals surface area contributed by atoms with E-state index in [1.807, 2.05) is 0 Å². The largest absolute Gasteiger partial charge is 0.389 e. The molecule has 0 aromatic heterocycles. The van der Waals surface area contributed by atoms with E-state index in [9.17, 15) is 10.2 Å². The number of aliphatic hydroxyl groups excluding tert-OH is 2. The number of aliphatic hydroxyl groups is 2. The van der Waals surface area contributed by atoms with Crippen LogP contribution in [0.25, 0.3) is 0 Å². The average Bonchev–Trinajstić information content (AvgIpc) is 3.24. The molecule has 0 aliphatic carbocycles. The molecule has 2 heterocycles. The van der Waals surface area contributed by atoms with Crippen molar-refractivity contribution in [2.45, 2.75) is 81.5 Å². The van der Waals surface area contributed by atoms with Crippen molar-refractivity contribution in [2.75, 3.05) is 0 Å². The van der Waals surface area contributed by atoms with Gasteiger partial charge in [0.05, 0.1) is 28.4 Å². The highest BCUT2D eigenvalue weighted by Crippen LogP contribution is 2.42. The van der Waals surface area contributed by atoms with Crippen LogP contribution < -0.4 is 10.4 Å². The number of hydrogen-bond donors (Lipinski definition) is 2. The fraction of sp³-hybridized carbons (Fsp3) is 0.520. The lowest BCUT2D eigenvalue weighted by Gasteiger charge is -2.38. The third-order valence-electron chi connectivity index (χ3n) is 7.70. The number of benzene rings is 2. The maximum Gasteiger partial charge on any atom is 0.0969 e. The Morgan fingerprint density at radius 2 is 1.23 bits per heavy atom. The van der Waals surface area contributed by atoms with Crippen LogP contribution in [0.2, 0.25) is 38.3 Å².